The van der Waals surface area contributed by atoms with Crippen molar-refractivity contribution < 1.29 is 8.42 Å². The Kier molecular flexibility index (Phi) is 5.65. The molecule has 4 nitrogen and oxygen atoms in total. The molecule has 7 heteroatoms. The van der Waals surface area contributed by atoms with Gasteiger partial charge in [-0.25, -0.2) is 8.42 Å². The molecule has 1 aliphatic rings. The summed E-state index contributed by atoms with van der Waals surface area (Å²) in [5.41, 5.74) is 6.56. The first-order valence-electron chi connectivity index (χ1n) is 6.55. The average Bonchev–Trinajstić information content (AvgIpc) is 2.41. The molecule has 0 bridgehead atoms. The van der Waals surface area contributed by atoms with Gasteiger partial charge in [-0.3, -0.25) is 0 Å². The molecular formula is C13H20N2O2S3. The van der Waals surface area contributed by atoms with Crippen molar-refractivity contribution in [3.8, 4) is 0 Å². The molecule has 0 aromatic heterocycles. The SMILES string of the molecule is CC1CSCCN1S(=O)(=O)CCSc1ccccc1N. The summed E-state index contributed by atoms with van der Waals surface area (Å²) in [5, 5.41) is 0. The van der Waals surface area contributed by atoms with E-state index in [1.54, 1.807) is 4.31 Å². The number of nitrogens with zero attached hydrogens (tertiary/aromatic N) is 1. The first kappa shape index (κ1) is 16.0. The predicted molar refractivity (Wildman–Crippen MR) is 88.9 cm³/mol. The molecule has 1 heterocycles. The van der Waals surface area contributed by atoms with Crippen LogP contribution < -0.4 is 5.73 Å². The Morgan fingerprint density at radius 1 is 1.45 bits per heavy atom. The lowest BCUT2D eigenvalue weighted by Crippen LogP contribution is -2.45. The number of benzene rings is 1. The fourth-order valence-electron chi connectivity index (χ4n) is 2.11. The summed E-state index contributed by atoms with van der Waals surface area (Å²) in [6.45, 7) is 2.61. The Labute approximate surface area is 129 Å². The van der Waals surface area contributed by atoms with Gasteiger partial charge in [0.25, 0.3) is 0 Å². The van der Waals surface area contributed by atoms with Crippen molar-refractivity contribution in [2.45, 2.75) is 17.9 Å². The van der Waals surface area contributed by atoms with E-state index in [2.05, 4.69) is 0 Å². The summed E-state index contributed by atoms with van der Waals surface area (Å²) in [5.74, 6) is 2.48. The van der Waals surface area contributed by atoms with Crippen molar-refractivity contribution in [1.82, 2.24) is 4.31 Å². The smallest absolute Gasteiger partial charge is 0.215 e. The quantitative estimate of drug-likeness (QED) is 0.661. The van der Waals surface area contributed by atoms with Crippen molar-refractivity contribution in [3.63, 3.8) is 0 Å². The van der Waals surface area contributed by atoms with Gasteiger partial charge in [-0.1, -0.05) is 12.1 Å². The molecule has 1 aliphatic heterocycles. The van der Waals surface area contributed by atoms with Crippen molar-refractivity contribution in [2.75, 3.05) is 35.3 Å². The van der Waals surface area contributed by atoms with Crippen LogP contribution >= 0.6 is 23.5 Å². The Morgan fingerprint density at radius 2 is 2.20 bits per heavy atom. The van der Waals surface area contributed by atoms with Crippen LogP contribution in [0, 0.1) is 0 Å². The van der Waals surface area contributed by atoms with Crippen molar-refractivity contribution in [2.24, 2.45) is 0 Å². The van der Waals surface area contributed by atoms with Gasteiger partial charge < -0.3 is 5.73 Å². The number of thioether (sulfide) groups is 2. The largest absolute Gasteiger partial charge is 0.398 e. The third-order valence-electron chi connectivity index (χ3n) is 3.18. The van der Waals surface area contributed by atoms with Crippen LogP contribution in [0.3, 0.4) is 0 Å². The maximum atomic E-state index is 12.3. The molecule has 1 fully saturated rings. The van der Waals surface area contributed by atoms with E-state index in [9.17, 15) is 8.42 Å². The second-order valence-corrected chi connectivity index (χ2v) is 9.06. The molecule has 112 valence electrons. The third kappa shape index (κ3) is 4.07. The Bertz CT molecular complexity index is 548. The van der Waals surface area contributed by atoms with E-state index in [4.69, 9.17) is 5.73 Å². The van der Waals surface area contributed by atoms with Crippen LogP contribution in [0.5, 0.6) is 0 Å². The lowest BCUT2D eigenvalue weighted by Gasteiger charge is -2.31. The molecule has 0 radical (unpaired) electrons. The second kappa shape index (κ2) is 7.06. The zero-order chi connectivity index (χ0) is 14.6. The molecule has 2 rings (SSSR count). The molecule has 1 unspecified atom stereocenters. The molecule has 1 aromatic rings. The van der Waals surface area contributed by atoms with Crippen LogP contribution in [0.25, 0.3) is 0 Å². The van der Waals surface area contributed by atoms with E-state index in [1.165, 1.54) is 11.8 Å². The molecule has 0 saturated carbocycles. The zero-order valence-corrected chi connectivity index (χ0v) is 13.9. The van der Waals surface area contributed by atoms with Gasteiger partial charge in [-0.2, -0.15) is 16.1 Å². The lowest BCUT2D eigenvalue weighted by atomic mass is 10.3. The number of hydrogen-bond acceptors (Lipinski definition) is 5. The molecule has 1 atom stereocenters. The van der Waals surface area contributed by atoms with Gasteiger partial charge in [0.15, 0.2) is 0 Å². The van der Waals surface area contributed by atoms with Crippen molar-refractivity contribution in [3.05, 3.63) is 24.3 Å². The van der Waals surface area contributed by atoms with Gasteiger partial charge in [0.2, 0.25) is 10.0 Å². The highest BCUT2D eigenvalue weighted by Crippen LogP contribution is 2.25. The minimum atomic E-state index is -3.16. The maximum Gasteiger partial charge on any atom is 0.215 e. The van der Waals surface area contributed by atoms with Crippen LogP contribution in [-0.2, 0) is 10.0 Å². The standard InChI is InChI=1S/C13H20N2O2S3/c1-11-10-18-7-6-15(11)20(16,17)9-8-19-13-5-3-2-4-12(13)14/h2-5,11H,6-10,14H2,1H3. The number of nitrogens with two attached hydrogens (primary N) is 1. The fraction of sp³-hybridized carbons (Fsp3) is 0.538. The van der Waals surface area contributed by atoms with Gasteiger partial charge >= 0.3 is 0 Å². The van der Waals surface area contributed by atoms with Gasteiger partial charge in [0.1, 0.15) is 0 Å². The van der Waals surface area contributed by atoms with E-state index in [-0.39, 0.29) is 11.8 Å². The van der Waals surface area contributed by atoms with Gasteiger partial charge in [-0.05, 0) is 19.1 Å². The minimum Gasteiger partial charge on any atom is -0.398 e. The van der Waals surface area contributed by atoms with E-state index < -0.39 is 10.0 Å². The molecular weight excluding hydrogens is 312 g/mol. The fourth-order valence-corrected chi connectivity index (χ4v) is 6.37. The number of sulfonamides is 1. The van der Waals surface area contributed by atoms with Gasteiger partial charge in [0.05, 0.1) is 5.75 Å². The topological polar surface area (TPSA) is 63.4 Å². The summed E-state index contributed by atoms with van der Waals surface area (Å²) in [7, 11) is -3.16. The maximum absolute atomic E-state index is 12.3. The number of anilines is 1. The molecule has 0 spiro atoms. The molecule has 0 amide bonds. The summed E-state index contributed by atoms with van der Waals surface area (Å²) in [6.07, 6.45) is 0. The molecule has 1 saturated heterocycles. The molecule has 0 aliphatic carbocycles. The number of rotatable bonds is 5. The molecule has 20 heavy (non-hydrogen) atoms. The summed E-state index contributed by atoms with van der Waals surface area (Å²) < 4.78 is 26.3. The Morgan fingerprint density at radius 3 is 2.90 bits per heavy atom. The molecule has 1 aromatic carbocycles. The highest BCUT2D eigenvalue weighted by molar-refractivity contribution is 8.00. The lowest BCUT2D eigenvalue weighted by molar-refractivity contribution is 0.368. The zero-order valence-electron chi connectivity index (χ0n) is 11.5. The normalized spacial score (nSPS) is 20.9. The summed E-state index contributed by atoms with van der Waals surface area (Å²) in [4.78, 5) is 0.949. The van der Waals surface area contributed by atoms with E-state index >= 15 is 0 Å². The number of hydrogen-bond donors (Lipinski definition) is 1. The van der Waals surface area contributed by atoms with Crippen LogP contribution in [-0.4, -0.2) is 48.3 Å². The van der Waals surface area contributed by atoms with E-state index in [0.717, 1.165) is 16.4 Å². The summed E-state index contributed by atoms with van der Waals surface area (Å²) >= 11 is 3.32. The van der Waals surface area contributed by atoms with Crippen LogP contribution in [0.1, 0.15) is 6.92 Å². The van der Waals surface area contributed by atoms with Crippen molar-refractivity contribution >= 4 is 39.2 Å². The van der Waals surface area contributed by atoms with Crippen LogP contribution in [0.2, 0.25) is 0 Å². The van der Waals surface area contributed by atoms with Crippen molar-refractivity contribution in [1.29, 1.82) is 0 Å². The first-order chi connectivity index (χ1) is 9.50. The third-order valence-corrected chi connectivity index (χ3v) is 7.70. The highest BCUT2D eigenvalue weighted by atomic mass is 32.2. The Hall–Kier alpha value is -0.370. The second-order valence-electron chi connectivity index (χ2n) is 4.74. The van der Waals surface area contributed by atoms with Gasteiger partial charge in [0, 0.05) is 40.4 Å². The van der Waals surface area contributed by atoms with E-state index in [1.807, 2.05) is 43.0 Å². The molecule has 2 N–H and O–H groups in total. The van der Waals surface area contributed by atoms with E-state index in [0.29, 0.717) is 18.0 Å². The average molecular weight is 333 g/mol. The highest BCUT2D eigenvalue weighted by Gasteiger charge is 2.29. The van der Waals surface area contributed by atoms with Crippen LogP contribution in [0.15, 0.2) is 29.2 Å². The Balaban J connectivity index is 1.91. The number of para-hydroxylation sites is 1. The minimum absolute atomic E-state index is 0.102. The number of nitrogen functional groups attached to an aromatic ring is 1. The monoisotopic (exact) mass is 332 g/mol. The van der Waals surface area contributed by atoms with Crippen LogP contribution in [0.4, 0.5) is 5.69 Å². The summed E-state index contributed by atoms with van der Waals surface area (Å²) in [6, 6.07) is 7.65. The first-order valence-corrected chi connectivity index (χ1v) is 10.3. The van der Waals surface area contributed by atoms with Gasteiger partial charge in [-0.15, -0.1) is 11.8 Å². The predicted octanol–water partition coefficient (Wildman–Crippen LogP) is 2.13.